The van der Waals surface area contributed by atoms with Gasteiger partial charge < -0.3 is 15.5 Å². The standard InChI is InChI=1S/C19H21NO4/c1-3-16(22)20-18(19(23)24)17(13-6-4-12(2)5-7-13)14-8-10-15(21)11-9-14/h4-11,17-18,21H,3H2,1-2H3,(H,20,22)(H,23,24)/t17?,18-/m0/s1. The quantitative estimate of drug-likeness (QED) is 0.761. The third-order valence-electron chi connectivity index (χ3n) is 3.93. The van der Waals surface area contributed by atoms with Gasteiger partial charge in [0.25, 0.3) is 0 Å². The van der Waals surface area contributed by atoms with Crippen LogP contribution in [0.4, 0.5) is 0 Å². The molecule has 3 N–H and O–H groups in total. The molecule has 0 aromatic heterocycles. The van der Waals surface area contributed by atoms with E-state index in [-0.39, 0.29) is 18.1 Å². The largest absolute Gasteiger partial charge is 0.508 e. The molecule has 2 aromatic carbocycles. The Morgan fingerprint density at radius 1 is 1.00 bits per heavy atom. The van der Waals surface area contributed by atoms with E-state index >= 15 is 0 Å². The van der Waals surface area contributed by atoms with Gasteiger partial charge in [0.05, 0.1) is 0 Å². The molecular formula is C19H21NO4. The summed E-state index contributed by atoms with van der Waals surface area (Å²) in [7, 11) is 0. The third kappa shape index (κ3) is 4.13. The first-order valence-corrected chi connectivity index (χ1v) is 7.80. The van der Waals surface area contributed by atoms with E-state index in [4.69, 9.17) is 0 Å². The molecule has 0 radical (unpaired) electrons. The lowest BCUT2D eigenvalue weighted by atomic mass is 9.84. The molecule has 2 atom stereocenters. The molecule has 0 spiro atoms. The molecule has 0 bridgehead atoms. The van der Waals surface area contributed by atoms with Gasteiger partial charge in [0.2, 0.25) is 5.91 Å². The fraction of sp³-hybridized carbons (Fsp3) is 0.263. The molecule has 0 saturated carbocycles. The molecule has 1 unspecified atom stereocenters. The van der Waals surface area contributed by atoms with Crippen LogP contribution in [-0.2, 0) is 9.59 Å². The molecule has 5 nitrogen and oxygen atoms in total. The Morgan fingerprint density at radius 3 is 1.96 bits per heavy atom. The zero-order chi connectivity index (χ0) is 17.7. The fourth-order valence-corrected chi connectivity index (χ4v) is 2.60. The van der Waals surface area contributed by atoms with Crippen LogP contribution in [0.15, 0.2) is 48.5 Å². The summed E-state index contributed by atoms with van der Waals surface area (Å²) < 4.78 is 0. The van der Waals surface area contributed by atoms with Gasteiger partial charge in [-0.05, 0) is 30.2 Å². The van der Waals surface area contributed by atoms with Crippen molar-refractivity contribution in [2.24, 2.45) is 0 Å². The number of phenolic OH excluding ortho intramolecular Hbond substituents is 1. The predicted octanol–water partition coefficient (Wildman–Crippen LogP) is 2.81. The Bertz CT molecular complexity index is 662. The number of carboxylic acid groups (broad SMARTS) is 1. The molecule has 0 fully saturated rings. The molecule has 5 heteroatoms. The van der Waals surface area contributed by atoms with Gasteiger partial charge >= 0.3 is 5.97 Å². The molecule has 126 valence electrons. The zero-order valence-corrected chi connectivity index (χ0v) is 13.7. The van der Waals surface area contributed by atoms with Crippen LogP contribution in [-0.4, -0.2) is 28.1 Å². The number of nitrogens with one attached hydrogen (secondary N) is 1. The summed E-state index contributed by atoms with van der Waals surface area (Å²) in [6.45, 7) is 3.63. The average molecular weight is 327 g/mol. The highest BCUT2D eigenvalue weighted by Crippen LogP contribution is 2.30. The van der Waals surface area contributed by atoms with Crippen molar-refractivity contribution in [3.63, 3.8) is 0 Å². The topological polar surface area (TPSA) is 86.6 Å². The summed E-state index contributed by atoms with van der Waals surface area (Å²) in [6, 6.07) is 12.8. The fourth-order valence-electron chi connectivity index (χ4n) is 2.60. The first-order chi connectivity index (χ1) is 11.4. The van der Waals surface area contributed by atoms with Crippen LogP contribution >= 0.6 is 0 Å². The number of aliphatic carboxylic acids is 1. The Balaban J connectivity index is 2.51. The minimum Gasteiger partial charge on any atom is -0.508 e. The molecule has 0 aliphatic heterocycles. The van der Waals surface area contributed by atoms with Gasteiger partial charge in [-0.25, -0.2) is 4.79 Å². The highest BCUT2D eigenvalue weighted by Gasteiger charge is 2.32. The highest BCUT2D eigenvalue weighted by molar-refractivity contribution is 5.84. The number of carbonyl (C=O) groups excluding carboxylic acids is 1. The van der Waals surface area contributed by atoms with Crippen molar-refractivity contribution >= 4 is 11.9 Å². The molecule has 24 heavy (non-hydrogen) atoms. The van der Waals surface area contributed by atoms with Crippen molar-refractivity contribution in [3.05, 3.63) is 65.2 Å². The van der Waals surface area contributed by atoms with Gasteiger partial charge in [-0.15, -0.1) is 0 Å². The zero-order valence-electron chi connectivity index (χ0n) is 13.7. The molecule has 1 amide bonds. The van der Waals surface area contributed by atoms with Gasteiger partial charge in [-0.3, -0.25) is 4.79 Å². The van der Waals surface area contributed by atoms with Crippen molar-refractivity contribution in [1.82, 2.24) is 5.32 Å². The summed E-state index contributed by atoms with van der Waals surface area (Å²) in [5.74, 6) is -1.88. The van der Waals surface area contributed by atoms with Gasteiger partial charge in [0, 0.05) is 12.3 Å². The summed E-state index contributed by atoms with van der Waals surface area (Å²) >= 11 is 0. The number of rotatable bonds is 6. The lowest BCUT2D eigenvalue weighted by molar-refractivity contribution is -0.142. The van der Waals surface area contributed by atoms with E-state index in [2.05, 4.69) is 5.32 Å². The second kappa shape index (κ2) is 7.64. The van der Waals surface area contributed by atoms with Gasteiger partial charge in [-0.1, -0.05) is 48.9 Å². The molecule has 0 saturated heterocycles. The Kier molecular flexibility index (Phi) is 5.58. The SMILES string of the molecule is CCC(=O)N[C@H](C(=O)O)C(c1ccc(C)cc1)c1ccc(O)cc1. The summed E-state index contributed by atoms with van der Waals surface area (Å²) in [6.07, 6.45) is 0.208. The van der Waals surface area contributed by atoms with Crippen molar-refractivity contribution in [1.29, 1.82) is 0 Å². The summed E-state index contributed by atoms with van der Waals surface area (Å²) in [4.78, 5) is 23.6. The Labute approximate surface area is 141 Å². The van der Waals surface area contributed by atoms with Crippen molar-refractivity contribution < 1.29 is 19.8 Å². The van der Waals surface area contributed by atoms with Crippen LogP contribution in [0.25, 0.3) is 0 Å². The molecular weight excluding hydrogens is 306 g/mol. The number of aromatic hydroxyl groups is 1. The highest BCUT2D eigenvalue weighted by atomic mass is 16.4. The third-order valence-corrected chi connectivity index (χ3v) is 3.93. The van der Waals surface area contributed by atoms with Gasteiger partial charge in [0.15, 0.2) is 0 Å². The molecule has 0 heterocycles. The maximum absolute atomic E-state index is 11.8. The second-order valence-corrected chi connectivity index (χ2v) is 5.72. The predicted molar refractivity (Wildman–Crippen MR) is 91.0 cm³/mol. The van der Waals surface area contributed by atoms with Crippen LogP contribution in [0.5, 0.6) is 5.75 Å². The summed E-state index contributed by atoms with van der Waals surface area (Å²) in [5.41, 5.74) is 2.56. The van der Waals surface area contributed by atoms with E-state index in [1.54, 1.807) is 19.1 Å². The van der Waals surface area contributed by atoms with Crippen LogP contribution in [0, 0.1) is 6.92 Å². The maximum atomic E-state index is 11.8. The Morgan fingerprint density at radius 2 is 1.50 bits per heavy atom. The van der Waals surface area contributed by atoms with Crippen LogP contribution in [0.1, 0.15) is 36.0 Å². The molecule has 0 aliphatic rings. The van der Waals surface area contributed by atoms with E-state index in [0.29, 0.717) is 5.56 Å². The number of phenols is 1. The number of amides is 1. The average Bonchev–Trinajstić information content (AvgIpc) is 2.57. The summed E-state index contributed by atoms with van der Waals surface area (Å²) in [5, 5.41) is 21.7. The second-order valence-electron chi connectivity index (χ2n) is 5.72. The van der Waals surface area contributed by atoms with Crippen LogP contribution < -0.4 is 5.32 Å². The molecule has 2 aromatic rings. The lowest BCUT2D eigenvalue weighted by Gasteiger charge is -2.26. The van der Waals surface area contributed by atoms with Gasteiger partial charge in [0.1, 0.15) is 11.8 Å². The van der Waals surface area contributed by atoms with E-state index in [1.165, 1.54) is 12.1 Å². The van der Waals surface area contributed by atoms with Crippen LogP contribution in [0.2, 0.25) is 0 Å². The number of carboxylic acids is 1. The number of carbonyl (C=O) groups is 2. The lowest BCUT2D eigenvalue weighted by Crippen LogP contribution is -2.45. The first kappa shape index (κ1) is 17.5. The normalized spacial score (nSPS) is 13.1. The number of hydrogen-bond acceptors (Lipinski definition) is 3. The van der Waals surface area contributed by atoms with Crippen molar-refractivity contribution in [2.45, 2.75) is 32.2 Å². The maximum Gasteiger partial charge on any atom is 0.327 e. The van der Waals surface area contributed by atoms with Gasteiger partial charge in [-0.2, -0.15) is 0 Å². The number of benzene rings is 2. The minimum atomic E-state index is -1.10. The van der Waals surface area contributed by atoms with E-state index in [1.807, 2.05) is 31.2 Å². The molecule has 2 rings (SSSR count). The van der Waals surface area contributed by atoms with E-state index < -0.39 is 17.9 Å². The van der Waals surface area contributed by atoms with E-state index in [0.717, 1.165) is 11.1 Å². The smallest absolute Gasteiger partial charge is 0.327 e. The van der Waals surface area contributed by atoms with Crippen molar-refractivity contribution in [2.75, 3.05) is 0 Å². The number of hydrogen-bond donors (Lipinski definition) is 3. The molecule has 0 aliphatic carbocycles. The monoisotopic (exact) mass is 327 g/mol. The van der Waals surface area contributed by atoms with E-state index in [9.17, 15) is 19.8 Å². The van der Waals surface area contributed by atoms with Crippen LogP contribution in [0.3, 0.4) is 0 Å². The number of aryl methyl sites for hydroxylation is 1. The Hall–Kier alpha value is -2.82. The minimum absolute atomic E-state index is 0.103. The first-order valence-electron chi connectivity index (χ1n) is 7.80. The van der Waals surface area contributed by atoms with Crippen molar-refractivity contribution in [3.8, 4) is 5.75 Å².